The molecule has 4 nitrogen and oxygen atoms in total. The van der Waals surface area contributed by atoms with Gasteiger partial charge in [-0.15, -0.1) is 0 Å². The number of benzene rings is 1. The summed E-state index contributed by atoms with van der Waals surface area (Å²) < 4.78 is 13.6. The molecule has 2 rings (SSSR count). The minimum absolute atomic E-state index is 0.176. The van der Waals surface area contributed by atoms with Crippen LogP contribution in [-0.4, -0.2) is 17.0 Å². The standard InChI is InChI=1S/C10H8FNO3/c11-9-5-2-4-8(13)12-7(5)3-1-6(9)10(14)15/h1,3H,2,4H2,(H,12,13)(H,14,15). The van der Waals surface area contributed by atoms with Gasteiger partial charge in [-0.1, -0.05) is 0 Å². The molecule has 0 saturated heterocycles. The Morgan fingerprint density at radius 1 is 1.40 bits per heavy atom. The van der Waals surface area contributed by atoms with Crippen LogP contribution >= 0.6 is 0 Å². The molecular weight excluding hydrogens is 201 g/mol. The Kier molecular flexibility index (Phi) is 2.15. The number of carboxylic acids is 1. The normalized spacial score (nSPS) is 14.3. The molecule has 1 aliphatic rings. The van der Waals surface area contributed by atoms with E-state index in [1.807, 2.05) is 0 Å². The predicted octanol–water partition coefficient (Wildman–Crippen LogP) is 1.41. The van der Waals surface area contributed by atoms with Gasteiger partial charge in [0, 0.05) is 17.7 Å². The number of hydrogen-bond donors (Lipinski definition) is 2. The van der Waals surface area contributed by atoms with Crippen LogP contribution in [0, 0.1) is 5.82 Å². The van der Waals surface area contributed by atoms with Crippen LogP contribution in [-0.2, 0) is 11.2 Å². The predicted molar refractivity (Wildman–Crippen MR) is 50.3 cm³/mol. The topological polar surface area (TPSA) is 66.4 Å². The van der Waals surface area contributed by atoms with Crippen LogP contribution in [0.3, 0.4) is 0 Å². The first-order valence-corrected chi connectivity index (χ1v) is 4.44. The first-order chi connectivity index (χ1) is 7.09. The number of nitrogens with one attached hydrogen (secondary N) is 1. The molecule has 1 aromatic rings. The molecule has 1 aromatic carbocycles. The Morgan fingerprint density at radius 2 is 2.13 bits per heavy atom. The summed E-state index contributed by atoms with van der Waals surface area (Å²) in [5.41, 5.74) is 0.285. The zero-order chi connectivity index (χ0) is 11.0. The van der Waals surface area contributed by atoms with Crippen LogP contribution in [0.25, 0.3) is 0 Å². The lowest BCUT2D eigenvalue weighted by Crippen LogP contribution is -2.21. The van der Waals surface area contributed by atoms with Gasteiger partial charge >= 0.3 is 5.97 Å². The first kappa shape index (κ1) is 9.64. The molecule has 1 amide bonds. The van der Waals surface area contributed by atoms with Crippen LogP contribution in [0.4, 0.5) is 10.1 Å². The lowest BCUT2D eigenvalue weighted by atomic mass is 9.99. The second-order valence-corrected chi connectivity index (χ2v) is 3.31. The summed E-state index contributed by atoms with van der Waals surface area (Å²) in [5.74, 6) is -2.22. The number of carboxylic acid groups (broad SMARTS) is 1. The molecule has 0 atom stereocenters. The first-order valence-electron chi connectivity index (χ1n) is 4.44. The van der Waals surface area contributed by atoms with Crippen molar-refractivity contribution in [1.29, 1.82) is 0 Å². The summed E-state index contributed by atoms with van der Waals surface area (Å²) in [6.07, 6.45) is 0.432. The minimum atomic E-state index is -1.30. The number of aromatic carboxylic acids is 1. The van der Waals surface area contributed by atoms with E-state index in [4.69, 9.17) is 5.11 Å². The highest BCUT2D eigenvalue weighted by atomic mass is 19.1. The summed E-state index contributed by atoms with van der Waals surface area (Å²) >= 11 is 0. The molecule has 0 unspecified atom stereocenters. The van der Waals surface area contributed by atoms with Gasteiger partial charge in [-0.05, 0) is 18.6 Å². The molecule has 0 radical (unpaired) electrons. The van der Waals surface area contributed by atoms with Crippen molar-refractivity contribution >= 4 is 17.6 Å². The van der Waals surface area contributed by atoms with Crippen molar-refractivity contribution in [2.45, 2.75) is 12.8 Å². The number of fused-ring (bicyclic) bond motifs is 1. The third kappa shape index (κ3) is 1.56. The van der Waals surface area contributed by atoms with Crippen LogP contribution in [0.15, 0.2) is 12.1 Å². The van der Waals surface area contributed by atoms with Gasteiger partial charge in [0.15, 0.2) is 0 Å². The molecule has 78 valence electrons. The molecule has 15 heavy (non-hydrogen) atoms. The minimum Gasteiger partial charge on any atom is -0.478 e. The van der Waals surface area contributed by atoms with Gasteiger partial charge in [0.2, 0.25) is 5.91 Å². The molecule has 5 heteroatoms. The maximum atomic E-state index is 13.6. The number of rotatable bonds is 1. The van der Waals surface area contributed by atoms with Crippen molar-refractivity contribution in [3.05, 3.63) is 29.1 Å². The van der Waals surface area contributed by atoms with Gasteiger partial charge in [-0.3, -0.25) is 4.79 Å². The molecule has 1 aliphatic heterocycles. The second kappa shape index (κ2) is 3.34. The molecule has 0 saturated carbocycles. The van der Waals surface area contributed by atoms with E-state index < -0.39 is 11.8 Å². The molecule has 2 N–H and O–H groups in total. The fraction of sp³-hybridized carbons (Fsp3) is 0.200. The molecular formula is C10H8FNO3. The molecule has 1 heterocycles. The number of amides is 1. The van der Waals surface area contributed by atoms with Gasteiger partial charge in [0.05, 0.1) is 5.56 Å². The van der Waals surface area contributed by atoms with E-state index in [0.717, 1.165) is 6.07 Å². The summed E-state index contributed by atoms with van der Waals surface area (Å²) in [6.45, 7) is 0. The number of anilines is 1. The fourth-order valence-electron chi connectivity index (χ4n) is 1.60. The van der Waals surface area contributed by atoms with Gasteiger partial charge in [0.1, 0.15) is 5.82 Å². The van der Waals surface area contributed by atoms with Crippen LogP contribution in [0.5, 0.6) is 0 Å². The van der Waals surface area contributed by atoms with E-state index >= 15 is 0 Å². The second-order valence-electron chi connectivity index (χ2n) is 3.31. The average Bonchev–Trinajstić information content (AvgIpc) is 2.17. The SMILES string of the molecule is O=C1CCc2c(ccc(C(=O)O)c2F)N1. The molecule has 0 fully saturated rings. The van der Waals surface area contributed by atoms with E-state index in [1.54, 1.807) is 0 Å². The van der Waals surface area contributed by atoms with Crippen LogP contribution < -0.4 is 5.32 Å². The van der Waals surface area contributed by atoms with E-state index in [0.29, 0.717) is 5.69 Å². The van der Waals surface area contributed by atoms with Gasteiger partial charge in [-0.25, -0.2) is 9.18 Å². The maximum absolute atomic E-state index is 13.6. The molecule has 0 aromatic heterocycles. The number of carbonyl (C=O) groups is 2. The average molecular weight is 209 g/mol. The third-order valence-corrected chi connectivity index (χ3v) is 2.35. The number of hydrogen-bond acceptors (Lipinski definition) is 2. The Hall–Kier alpha value is -1.91. The third-order valence-electron chi connectivity index (χ3n) is 2.35. The Bertz CT molecular complexity index is 456. The summed E-state index contributed by atoms with van der Waals surface area (Å²) in [5, 5.41) is 11.2. The molecule has 0 spiro atoms. The highest BCUT2D eigenvalue weighted by Gasteiger charge is 2.22. The Labute approximate surface area is 84.7 Å². The van der Waals surface area contributed by atoms with Crippen molar-refractivity contribution in [2.24, 2.45) is 0 Å². The van der Waals surface area contributed by atoms with Crippen molar-refractivity contribution in [1.82, 2.24) is 0 Å². The number of halogens is 1. The van der Waals surface area contributed by atoms with Crippen molar-refractivity contribution in [3.8, 4) is 0 Å². The highest BCUT2D eigenvalue weighted by Crippen LogP contribution is 2.27. The zero-order valence-corrected chi connectivity index (χ0v) is 7.71. The summed E-state index contributed by atoms with van der Waals surface area (Å²) in [4.78, 5) is 21.7. The lowest BCUT2D eigenvalue weighted by molar-refractivity contribution is -0.116. The monoisotopic (exact) mass is 209 g/mol. The molecule has 0 bridgehead atoms. The van der Waals surface area contributed by atoms with Crippen molar-refractivity contribution in [3.63, 3.8) is 0 Å². The van der Waals surface area contributed by atoms with Crippen molar-refractivity contribution in [2.75, 3.05) is 5.32 Å². The van der Waals surface area contributed by atoms with Gasteiger partial charge < -0.3 is 10.4 Å². The van der Waals surface area contributed by atoms with Crippen molar-refractivity contribution < 1.29 is 19.1 Å². The Morgan fingerprint density at radius 3 is 2.80 bits per heavy atom. The number of carbonyl (C=O) groups excluding carboxylic acids is 1. The zero-order valence-electron chi connectivity index (χ0n) is 7.71. The summed E-state index contributed by atoms with van der Waals surface area (Å²) in [6, 6.07) is 2.57. The quantitative estimate of drug-likeness (QED) is 0.734. The van der Waals surface area contributed by atoms with Crippen LogP contribution in [0.2, 0.25) is 0 Å². The van der Waals surface area contributed by atoms with Crippen LogP contribution in [0.1, 0.15) is 22.3 Å². The summed E-state index contributed by atoms with van der Waals surface area (Å²) in [7, 11) is 0. The van der Waals surface area contributed by atoms with Gasteiger partial charge in [0.25, 0.3) is 0 Å². The van der Waals surface area contributed by atoms with E-state index in [9.17, 15) is 14.0 Å². The maximum Gasteiger partial charge on any atom is 0.338 e. The Balaban J connectivity index is 2.53. The fourth-order valence-corrected chi connectivity index (χ4v) is 1.60. The largest absolute Gasteiger partial charge is 0.478 e. The highest BCUT2D eigenvalue weighted by molar-refractivity contribution is 5.95. The van der Waals surface area contributed by atoms with E-state index in [-0.39, 0.29) is 29.9 Å². The smallest absolute Gasteiger partial charge is 0.338 e. The van der Waals surface area contributed by atoms with E-state index in [2.05, 4.69) is 5.32 Å². The lowest BCUT2D eigenvalue weighted by Gasteiger charge is -2.17. The molecule has 0 aliphatic carbocycles. The van der Waals surface area contributed by atoms with Gasteiger partial charge in [-0.2, -0.15) is 0 Å². The van der Waals surface area contributed by atoms with E-state index in [1.165, 1.54) is 6.07 Å².